The standard InChI is InChI=1S/C44H24N4.Au.4Y/c1-5-13-29(14-6-1)41-33-21-23-35(45-33)42(30-15-7-2-8-16-30)37-25-27-39(47-37)44(32-19-11-4-12-20-32)40-28-26-38(48-40)43(31-17-9-3-10-18-31)36-24-22-34(41)46-36;;;;;/h5-28H;;;;;/q-8;;;;;/b41-33-,41-34?,42-35-,42-37?,43-36?,43-38-,44-39?,44-40-;;;;;. The largest absolute Gasteiger partial charge is 0.657 e. The molecule has 4 nitrogen and oxygen atoms in total. The predicted molar refractivity (Wildman–Crippen MR) is 185 cm³/mol. The van der Waals surface area contributed by atoms with Gasteiger partial charge < -0.3 is 19.9 Å². The van der Waals surface area contributed by atoms with Gasteiger partial charge in [-0.05, 0) is 0 Å². The molecule has 0 N–H and O–H groups in total. The van der Waals surface area contributed by atoms with Gasteiger partial charge in [0.05, 0.1) is 0 Å². The fourth-order valence-corrected chi connectivity index (χ4v) is 6.48. The Morgan fingerprint density at radius 1 is 0.264 bits per heavy atom. The number of aromatic nitrogens is 4. The van der Waals surface area contributed by atoms with Gasteiger partial charge in [-0.1, -0.05) is 70.8 Å². The molecule has 9 heteroatoms. The van der Waals surface area contributed by atoms with E-state index in [0.29, 0.717) is 0 Å². The smallest absolute Gasteiger partial charge is 0 e. The summed E-state index contributed by atoms with van der Waals surface area (Å²) >= 11 is 0. The molecule has 0 saturated carbocycles. The zero-order chi connectivity index (χ0) is 31.9. The molecule has 251 valence electrons. The van der Waals surface area contributed by atoms with Gasteiger partial charge in [0.1, 0.15) is 0 Å². The van der Waals surface area contributed by atoms with Crippen molar-refractivity contribution in [2.75, 3.05) is 0 Å². The summed E-state index contributed by atoms with van der Waals surface area (Å²) in [7, 11) is 0. The van der Waals surface area contributed by atoms with Crippen LogP contribution in [0.5, 0.6) is 0 Å². The minimum absolute atomic E-state index is 0. The molecule has 0 saturated heterocycles. The minimum atomic E-state index is 0. The number of nitrogens with zero attached hydrogens (tertiary/aromatic N) is 4. The van der Waals surface area contributed by atoms with Gasteiger partial charge >= 0.3 is 0 Å². The summed E-state index contributed by atoms with van der Waals surface area (Å²) in [4.78, 5) is 21.1. The Kier molecular flexibility index (Phi) is 16.9. The summed E-state index contributed by atoms with van der Waals surface area (Å²) in [5.74, 6) is 0. The third-order valence-corrected chi connectivity index (χ3v) is 8.64. The molecule has 1 aliphatic rings. The summed E-state index contributed by atoms with van der Waals surface area (Å²) in [5, 5.41) is 3.32. The van der Waals surface area contributed by atoms with Crippen molar-refractivity contribution in [1.82, 2.24) is 19.9 Å². The molecule has 8 bridgehead atoms. The van der Waals surface area contributed by atoms with E-state index in [9.17, 15) is 0 Å². The SMILES string of the molecule is [Au].[Y].[Y].[Y].[Y].[c-]1ccc(/C2=c3\cc/c([n-]3)=C(\c3cc[c-]cc3)c3ccc([n-]3)/C(c3cc[c-]cc3)=c3/cc/c([n-]3)=C(\c3cc[c-]cc3)c3ccc2[n-]3)cc1. The van der Waals surface area contributed by atoms with Crippen molar-refractivity contribution in [2.45, 2.75) is 0 Å². The van der Waals surface area contributed by atoms with Crippen molar-refractivity contribution in [2.24, 2.45) is 0 Å². The van der Waals surface area contributed by atoms with Gasteiger partial charge in [0.25, 0.3) is 0 Å². The maximum Gasteiger partial charge on any atom is 0 e. The van der Waals surface area contributed by atoms with Crippen LogP contribution in [0.25, 0.3) is 22.3 Å². The second-order valence-electron chi connectivity index (χ2n) is 11.5. The van der Waals surface area contributed by atoms with Gasteiger partial charge in [0, 0.05) is 153 Å². The first-order valence-corrected chi connectivity index (χ1v) is 15.7. The fourth-order valence-electron chi connectivity index (χ4n) is 6.48. The molecular formula is C44H24AuN4Y4-8. The number of rotatable bonds is 4. The van der Waals surface area contributed by atoms with E-state index in [0.717, 1.165) is 88.7 Å². The van der Waals surface area contributed by atoms with E-state index in [1.165, 1.54) is 0 Å². The maximum atomic E-state index is 5.28. The van der Waals surface area contributed by atoms with Crippen LogP contribution < -0.4 is 41.3 Å². The zero-order valence-corrected chi connectivity index (χ0v) is 41.8. The Morgan fingerprint density at radius 2 is 0.472 bits per heavy atom. The van der Waals surface area contributed by atoms with Crippen LogP contribution in [0.1, 0.15) is 45.0 Å². The Morgan fingerprint density at radius 3 is 0.679 bits per heavy atom. The first kappa shape index (κ1) is 44.4. The van der Waals surface area contributed by atoms with Gasteiger partial charge in [-0.2, -0.15) is 121 Å². The van der Waals surface area contributed by atoms with Crippen molar-refractivity contribution in [3.05, 3.63) is 236 Å². The van der Waals surface area contributed by atoms with E-state index in [1.54, 1.807) is 0 Å². The van der Waals surface area contributed by atoms with Crippen LogP contribution in [-0.4, -0.2) is 0 Å². The molecule has 5 radical (unpaired) electrons. The van der Waals surface area contributed by atoms with Crippen LogP contribution in [0.15, 0.2) is 146 Å². The zero-order valence-electron chi connectivity index (χ0n) is 28.3. The summed E-state index contributed by atoms with van der Waals surface area (Å²) < 4.78 is 0. The quantitative estimate of drug-likeness (QED) is 0.198. The van der Waals surface area contributed by atoms with Crippen molar-refractivity contribution < 1.29 is 153 Å². The van der Waals surface area contributed by atoms with Crippen LogP contribution in [0, 0.1) is 24.3 Å². The van der Waals surface area contributed by atoms with Gasteiger partial charge in [-0.25, -0.2) is 0 Å². The van der Waals surface area contributed by atoms with Crippen molar-refractivity contribution in [3.63, 3.8) is 0 Å². The Balaban J connectivity index is 0.00000125. The van der Waals surface area contributed by atoms with E-state index in [-0.39, 0.29) is 153 Å². The van der Waals surface area contributed by atoms with E-state index >= 15 is 0 Å². The summed E-state index contributed by atoms with van der Waals surface area (Å²) in [6.45, 7) is 0. The molecule has 0 aliphatic carbocycles. The van der Waals surface area contributed by atoms with Crippen LogP contribution in [0.4, 0.5) is 0 Å². The number of benzene rings is 4. The Labute approximate surface area is 425 Å². The normalized spacial score (nSPS) is 15.7. The molecule has 0 fully saturated rings. The molecular weight excluding hydrogens is 1140 g/mol. The predicted octanol–water partition coefficient (Wildman–Crippen LogP) is 4.01. The topological polar surface area (TPSA) is 56.4 Å². The molecule has 0 unspecified atom stereocenters. The molecule has 53 heavy (non-hydrogen) atoms. The second kappa shape index (κ2) is 20.2. The Bertz CT molecular complexity index is 2300. The van der Waals surface area contributed by atoms with Gasteiger partial charge in [-0.3, -0.25) is 0 Å². The van der Waals surface area contributed by atoms with E-state index in [2.05, 4.69) is 121 Å². The van der Waals surface area contributed by atoms with Crippen LogP contribution >= 0.6 is 0 Å². The van der Waals surface area contributed by atoms with Crippen molar-refractivity contribution in [3.8, 4) is 0 Å². The van der Waals surface area contributed by atoms with Crippen molar-refractivity contribution >= 4 is 22.3 Å². The molecule has 4 aromatic carbocycles. The van der Waals surface area contributed by atoms with E-state index in [4.69, 9.17) is 19.9 Å². The number of hydrogen-bond acceptors (Lipinski definition) is 0. The first-order valence-electron chi connectivity index (χ1n) is 15.7. The third-order valence-electron chi connectivity index (χ3n) is 8.64. The van der Waals surface area contributed by atoms with Gasteiger partial charge in [0.2, 0.25) is 0 Å². The Hall–Kier alpha value is -1.36. The molecule has 4 aromatic heterocycles. The van der Waals surface area contributed by atoms with Gasteiger partial charge in [-0.15, -0.1) is 66.4 Å². The molecule has 5 heterocycles. The maximum absolute atomic E-state index is 5.28. The number of fused-ring (bicyclic) bond motifs is 8. The summed E-state index contributed by atoms with van der Waals surface area (Å²) in [5.41, 5.74) is 11.1. The fraction of sp³-hybridized carbons (Fsp3) is 0. The average Bonchev–Trinajstić information content (AvgIpc) is 3.98. The second-order valence-corrected chi connectivity index (χ2v) is 11.5. The molecule has 8 aromatic rings. The molecule has 9 rings (SSSR count). The number of hydrogen-bond donors (Lipinski definition) is 0. The molecule has 0 amide bonds. The summed E-state index contributed by atoms with van der Waals surface area (Å²) in [6, 6.07) is 61.1. The van der Waals surface area contributed by atoms with E-state index in [1.807, 2.05) is 48.5 Å². The van der Waals surface area contributed by atoms with Gasteiger partial charge in [0.15, 0.2) is 0 Å². The third kappa shape index (κ3) is 9.11. The van der Waals surface area contributed by atoms with Crippen LogP contribution in [-0.2, 0) is 153 Å². The first-order chi connectivity index (χ1) is 23.8. The molecule has 0 spiro atoms. The average molecular weight is 1160 g/mol. The van der Waals surface area contributed by atoms with Crippen LogP contribution in [0.3, 0.4) is 0 Å². The monoisotopic (exact) mass is 1160 g/mol. The van der Waals surface area contributed by atoms with Crippen LogP contribution in [0.2, 0.25) is 0 Å². The molecule has 0 atom stereocenters. The van der Waals surface area contributed by atoms with E-state index < -0.39 is 0 Å². The molecule has 1 aliphatic heterocycles. The summed E-state index contributed by atoms with van der Waals surface area (Å²) in [6.07, 6.45) is 0. The minimum Gasteiger partial charge on any atom is -0.657 e. The van der Waals surface area contributed by atoms with Crippen molar-refractivity contribution in [1.29, 1.82) is 0 Å².